The predicted octanol–water partition coefficient (Wildman–Crippen LogP) is 3.37. The van der Waals surface area contributed by atoms with Gasteiger partial charge < -0.3 is 4.74 Å². The molecule has 0 unspecified atom stereocenters. The minimum Gasteiger partial charge on any atom is -0.309 e. The molecule has 1 nitrogen and oxygen atoms in total. The average molecular weight is 227 g/mol. The summed E-state index contributed by atoms with van der Waals surface area (Å²) in [6.45, 7) is 1.42. The molecule has 0 aromatic heterocycles. The van der Waals surface area contributed by atoms with Crippen molar-refractivity contribution in [3.63, 3.8) is 0 Å². The highest BCUT2D eigenvalue weighted by Crippen LogP contribution is 2.47. The number of rotatable bonds is 4. The second-order valence-electron chi connectivity index (χ2n) is 2.28. The summed E-state index contributed by atoms with van der Waals surface area (Å²) < 4.78 is 85.7. The maximum absolute atomic E-state index is 12.2. The fourth-order valence-corrected chi connectivity index (χ4v) is 0.427. The molecule has 14 heavy (non-hydrogen) atoms. The number of halogens is 7. The molecule has 0 heterocycles. The Kier molecular flexibility index (Phi) is 3.77. The van der Waals surface area contributed by atoms with Crippen molar-refractivity contribution in [2.75, 3.05) is 0 Å². The highest BCUT2D eigenvalue weighted by molar-refractivity contribution is 4.85. The van der Waals surface area contributed by atoms with Crippen molar-refractivity contribution >= 4 is 0 Å². The summed E-state index contributed by atoms with van der Waals surface area (Å²) in [5.74, 6) is -6.20. The van der Waals surface area contributed by atoms with Gasteiger partial charge in [0.2, 0.25) is 0 Å². The number of hydrogen-bond donors (Lipinski definition) is 0. The van der Waals surface area contributed by atoms with Crippen LogP contribution in [-0.2, 0) is 4.74 Å². The van der Waals surface area contributed by atoms with Crippen LogP contribution in [0.2, 0.25) is 0 Å². The van der Waals surface area contributed by atoms with E-state index in [9.17, 15) is 30.7 Å². The van der Waals surface area contributed by atoms with Crippen LogP contribution in [0.4, 0.5) is 30.7 Å². The smallest absolute Gasteiger partial charge is 0.309 e. The Morgan fingerprint density at radius 3 is 1.71 bits per heavy atom. The van der Waals surface area contributed by atoms with Gasteiger partial charge in [0.05, 0.1) is 6.61 Å². The molecule has 0 aromatic rings. The van der Waals surface area contributed by atoms with Gasteiger partial charge in [-0.1, -0.05) is 6.92 Å². The molecule has 85 valence electrons. The van der Waals surface area contributed by atoms with Crippen molar-refractivity contribution in [3.8, 4) is 0 Å². The molecular formula is C6H6F7O. The number of hydrogen-bond acceptors (Lipinski definition) is 1. The molecule has 0 saturated carbocycles. The summed E-state index contributed by atoms with van der Waals surface area (Å²) in [6.07, 6.45) is -12.1. The summed E-state index contributed by atoms with van der Waals surface area (Å²) in [5.41, 5.74) is 0. The maximum Gasteiger partial charge on any atom is 0.462 e. The first-order chi connectivity index (χ1) is 6.06. The van der Waals surface area contributed by atoms with Gasteiger partial charge in [-0.2, -0.15) is 30.7 Å². The molecule has 0 aliphatic rings. The van der Waals surface area contributed by atoms with E-state index in [-0.39, 0.29) is 13.0 Å². The highest BCUT2D eigenvalue weighted by atomic mass is 19.4. The molecule has 0 saturated heterocycles. The van der Waals surface area contributed by atoms with Crippen LogP contribution in [0.1, 0.15) is 13.3 Å². The molecule has 0 N–H and O–H groups in total. The molecular weight excluding hydrogens is 221 g/mol. The summed E-state index contributed by atoms with van der Waals surface area (Å²) in [6, 6.07) is 0. The van der Waals surface area contributed by atoms with E-state index in [1.54, 1.807) is 0 Å². The first kappa shape index (κ1) is 13.5. The van der Waals surface area contributed by atoms with Crippen LogP contribution < -0.4 is 0 Å². The summed E-state index contributed by atoms with van der Waals surface area (Å²) >= 11 is 0. The van der Waals surface area contributed by atoms with Gasteiger partial charge in [-0.05, 0) is 6.42 Å². The van der Waals surface area contributed by atoms with Crippen LogP contribution in [0.25, 0.3) is 0 Å². The Bertz CT molecular complexity index is 185. The van der Waals surface area contributed by atoms with Crippen LogP contribution in [0.3, 0.4) is 0 Å². The van der Waals surface area contributed by atoms with Gasteiger partial charge in [0.15, 0.2) is 0 Å². The summed E-state index contributed by atoms with van der Waals surface area (Å²) in [7, 11) is 0. The molecule has 0 aliphatic carbocycles. The van der Waals surface area contributed by atoms with Crippen LogP contribution in [0, 0.1) is 6.61 Å². The Hall–Kier alpha value is -0.530. The normalized spacial score (nSPS) is 14.6. The third-order valence-electron chi connectivity index (χ3n) is 1.12. The van der Waals surface area contributed by atoms with E-state index in [4.69, 9.17) is 0 Å². The summed E-state index contributed by atoms with van der Waals surface area (Å²) in [4.78, 5) is 0. The lowest BCUT2D eigenvalue weighted by Gasteiger charge is -2.27. The van der Waals surface area contributed by atoms with Crippen LogP contribution in [0.5, 0.6) is 0 Å². The van der Waals surface area contributed by atoms with Gasteiger partial charge in [0.25, 0.3) is 0 Å². The zero-order chi connectivity index (χ0) is 11.6. The quantitative estimate of drug-likeness (QED) is 0.669. The monoisotopic (exact) mass is 227 g/mol. The standard InChI is InChI=1S/C6H6F7O/c1-2-3-14-6(12,13)4(7,8)5(9,10)11/h3H,2H2,1H3. The van der Waals surface area contributed by atoms with Crippen LogP contribution in [-0.4, -0.2) is 18.2 Å². The van der Waals surface area contributed by atoms with Gasteiger partial charge in [0, 0.05) is 0 Å². The molecule has 0 amide bonds. The van der Waals surface area contributed by atoms with Crippen molar-refractivity contribution in [1.82, 2.24) is 0 Å². The van der Waals surface area contributed by atoms with E-state index in [1.165, 1.54) is 6.92 Å². The molecule has 8 heteroatoms. The Labute approximate surface area is 74.8 Å². The van der Waals surface area contributed by atoms with Crippen molar-refractivity contribution in [2.45, 2.75) is 31.6 Å². The molecule has 1 radical (unpaired) electrons. The van der Waals surface area contributed by atoms with Gasteiger partial charge in [-0.15, -0.1) is 0 Å². The van der Waals surface area contributed by atoms with E-state index < -0.39 is 18.2 Å². The van der Waals surface area contributed by atoms with E-state index in [2.05, 4.69) is 4.74 Å². The lowest BCUT2D eigenvalue weighted by atomic mass is 10.3. The SMILES string of the molecule is CC[CH]OC(F)(F)C(F)(F)C(F)(F)F. The third kappa shape index (κ3) is 2.49. The van der Waals surface area contributed by atoms with Gasteiger partial charge in [0.1, 0.15) is 0 Å². The lowest BCUT2D eigenvalue weighted by Crippen LogP contribution is -2.53. The van der Waals surface area contributed by atoms with Crippen molar-refractivity contribution in [1.29, 1.82) is 0 Å². The van der Waals surface area contributed by atoms with Crippen LogP contribution >= 0.6 is 0 Å². The fourth-order valence-electron chi connectivity index (χ4n) is 0.427. The van der Waals surface area contributed by atoms with E-state index in [1.807, 2.05) is 0 Å². The van der Waals surface area contributed by atoms with E-state index in [0.29, 0.717) is 0 Å². The van der Waals surface area contributed by atoms with Crippen molar-refractivity contribution < 1.29 is 35.5 Å². The Morgan fingerprint density at radius 1 is 1.00 bits per heavy atom. The predicted molar refractivity (Wildman–Crippen MR) is 31.6 cm³/mol. The molecule has 0 spiro atoms. The Morgan fingerprint density at radius 2 is 1.43 bits per heavy atom. The van der Waals surface area contributed by atoms with Crippen molar-refractivity contribution in [3.05, 3.63) is 6.61 Å². The number of alkyl halides is 7. The first-order valence-corrected chi connectivity index (χ1v) is 3.38. The minimum absolute atomic E-state index is 0.180. The molecule has 0 fully saturated rings. The molecule has 0 bridgehead atoms. The third-order valence-corrected chi connectivity index (χ3v) is 1.12. The van der Waals surface area contributed by atoms with Gasteiger partial charge >= 0.3 is 18.2 Å². The van der Waals surface area contributed by atoms with Gasteiger partial charge in [-0.3, -0.25) is 0 Å². The molecule has 0 rings (SSSR count). The number of ether oxygens (including phenoxy) is 1. The van der Waals surface area contributed by atoms with E-state index >= 15 is 0 Å². The largest absolute Gasteiger partial charge is 0.462 e. The molecule has 0 aliphatic heterocycles. The first-order valence-electron chi connectivity index (χ1n) is 3.38. The molecule has 0 atom stereocenters. The lowest BCUT2D eigenvalue weighted by molar-refractivity contribution is -0.417. The highest BCUT2D eigenvalue weighted by Gasteiger charge is 2.74. The average Bonchev–Trinajstić information content (AvgIpc) is 1.98. The second-order valence-corrected chi connectivity index (χ2v) is 2.28. The fraction of sp³-hybridized carbons (Fsp3) is 0.833. The topological polar surface area (TPSA) is 9.23 Å². The van der Waals surface area contributed by atoms with Crippen LogP contribution in [0.15, 0.2) is 0 Å². The second kappa shape index (κ2) is 3.92. The molecule has 0 aromatic carbocycles. The maximum atomic E-state index is 12.2. The van der Waals surface area contributed by atoms with Crippen molar-refractivity contribution in [2.24, 2.45) is 0 Å². The van der Waals surface area contributed by atoms with E-state index in [0.717, 1.165) is 0 Å². The zero-order valence-electron chi connectivity index (χ0n) is 6.84. The summed E-state index contributed by atoms with van der Waals surface area (Å²) in [5, 5.41) is 0. The van der Waals surface area contributed by atoms with Gasteiger partial charge in [-0.25, -0.2) is 0 Å². The Balaban J connectivity index is 4.69. The zero-order valence-corrected chi connectivity index (χ0v) is 6.84. The minimum atomic E-state index is -6.35.